The molecule has 10 nitrogen and oxygen atoms in total. The number of fused-ring (bicyclic) bond motifs is 5. The molecule has 0 radical (unpaired) electrons. The van der Waals surface area contributed by atoms with Gasteiger partial charge in [-0.25, -0.2) is 4.90 Å². The van der Waals surface area contributed by atoms with Crippen molar-refractivity contribution in [2.75, 3.05) is 12.0 Å². The lowest BCUT2D eigenvalue weighted by molar-refractivity contribution is -0.384. The highest BCUT2D eigenvalue weighted by Gasteiger charge is 2.64. The number of primary amides is 1. The zero-order chi connectivity index (χ0) is 22.7. The number of hydrogen-bond donors (Lipinski definition) is 1. The SMILES string of the molecule is COc1ccc([N+](=O)[O-])cc1N1C(=O)[C@@H]2[C@@H](C1=O)[C@H]1c3ccccc3C=CN1[C@@H]2C(N)=O. The lowest BCUT2D eigenvalue weighted by Gasteiger charge is -2.34. The van der Waals surface area contributed by atoms with Gasteiger partial charge in [-0.15, -0.1) is 0 Å². The average Bonchev–Trinajstić information content (AvgIpc) is 3.26. The Kier molecular flexibility index (Phi) is 4.26. The number of amides is 3. The molecule has 3 aliphatic heterocycles. The van der Waals surface area contributed by atoms with Gasteiger partial charge in [0.2, 0.25) is 17.7 Å². The number of anilines is 1. The van der Waals surface area contributed by atoms with E-state index in [1.165, 1.54) is 19.2 Å². The van der Waals surface area contributed by atoms with Crippen LogP contribution in [0.5, 0.6) is 5.75 Å². The van der Waals surface area contributed by atoms with E-state index in [4.69, 9.17) is 10.5 Å². The number of imide groups is 1. The smallest absolute Gasteiger partial charge is 0.271 e. The summed E-state index contributed by atoms with van der Waals surface area (Å²) in [5.74, 6) is -3.68. The Morgan fingerprint density at radius 3 is 2.53 bits per heavy atom. The molecule has 0 aromatic heterocycles. The Morgan fingerprint density at radius 1 is 1.12 bits per heavy atom. The zero-order valence-corrected chi connectivity index (χ0v) is 16.9. The van der Waals surface area contributed by atoms with Gasteiger partial charge in [0.1, 0.15) is 17.5 Å². The van der Waals surface area contributed by atoms with E-state index in [2.05, 4.69) is 0 Å². The Hall–Kier alpha value is -4.21. The van der Waals surface area contributed by atoms with Crippen LogP contribution in [0.2, 0.25) is 0 Å². The van der Waals surface area contributed by atoms with Gasteiger partial charge in [-0.3, -0.25) is 24.5 Å². The first-order valence-electron chi connectivity index (χ1n) is 9.89. The summed E-state index contributed by atoms with van der Waals surface area (Å²) in [6, 6.07) is 9.52. The Morgan fingerprint density at radius 2 is 1.84 bits per heavy atom. The van der Waals surface area contributed by atoms with Gasteiger partial charge in [-0.1, -0.05) is 24.3 Å². The molecule has 0 aliphatic carbocycles. The highest BCUT2D eigenvalue weighted by Crippen LogP contribution is 2.53. The minimum atomic E-state index is -1.03. The lowest BCUT2D eigenvalue weighted by Crippen LogP contribution is -2.46. The molecule has 2 N–H and O–H groups in total. The van der Waals surface area contributed by atoms with Crippen LogP contribution in [0.25, 0.3) is 6.08 Å². The van der Waals surface area contributed by atoms with E-state index >= 15 is 0 Å². The predicted octanol–water partition coefficient (Wildman–Crippen LogP) is 1.60. The van der Waals surface area contributed by atoms with Crippen LogP contribution in [-0.4, -0.2) is 40.7 Å². The van der Waals surface area contributed by atoms with Crippen molar-refractivity contribution in [2.24, 2.45) is 17.6 Å². The van der Waals surface area contributed by atoms with Gasteiger partial charge in [0, 0.05) is 18.3 Å². The first-order valence-corrected chi connectivity index (χ1v) is 9.89. The number of benzene rings is 2. The minimum Gasteiger partial charge on any atom is -0.495 e. The van der Waals surface area contributed by atoms with Crippen molar-refractivity contribution in [1.82, 2.24) is 4.90 Å². The third-order valence-corrected chi connectivity index (χ3v) is 6.37. The summed E-state index contributed by atoms with van der Waals surface area (Å²) in [7, 11) is 1.34. The summed E-state index contributed by atoms with van der Waals surface area (Å²) in [6.07, 6.45) is 3.51. The topological polar surface area (TPSA) is 136 Å². The largest absolute Gasteiger partial charge is 0.495 e. The van der Waals surface area contributed by atoms with Gasteiger partial charge in [0.25, 0.3) is 5.69 Å². The van der Waals surface area contributed by atoms with Crippen LogP contribution >= 0.6 is 0 Å². The third-order valence-electron chi connectivity index (χ3n) is 6.37. The van der Waals surface area contributed by atoms with Gasteiger partial charge in [0.05, 0.1) is 29.9 Å². The monoisotopic (exact) mass is 434 g/mol. The van der Waals surface area contributed by atoms with Crippen LogP contribution in [0.4, 0.5) is 11.4 Å². The fraction of sp³-hybridized carbons (Fsp3) is 0.227. The molecule has 0 unspecified atom stereocenters. The highest BCUT2D eigenvalue weighted by atomic mass is 16.6. The molecule has 0 spiro atoms. The van der Waals surface area contributed by atoms with Crippen LogP contribution in [0.3, 0.4) is 0 Å². The number of hydrogen-bond acceptors (Lipinski definition) is 7. The van der Waals surface area contributed by atoms with Crippen molar-refractivity contribution < 1.29 is 24.0 Å². The molecule has 3 amide bonds. The number of carbonyl (C=O) groups is 3. The van der Waals surface area contributed by atoms with E-state index in [0.29, 0.717) is 0 Å². The van der Waals surface area contributed by atoms with Crippen molar-refractivity contribution >= 4 is 35.2 Å². The fourth-order valence-corrected chi connectivity index (χ4v) is 5.09. The van der Waals surface area contributed by atoms with E-state index in [9.17, 15) is 24.5 Å². The molecule has 4 atom stereocenters. The number of ether oxygens (including phenoxy) is 1. The normalized spacial score (nSPS) is 25.4. The van der Waals surface area contributed by atoms with Crippen LogP contribution < -0.4 is 15.4 Å². The highest BCUT2D eigenvalue weighted by molar-refractivity contribution is 6.24. The van der Waals surface area contributed by atoms with Crippen LogP contribution in [0, 0.1) is 22.0 Å². The molecule has 5 rings (SSSR count). The minimum absolute atomic E-state index is 0.0273. The van der Waals surface area contributed by atoms with E-state index in [-0.39, 0.29) is 17.1 Å². The quantitative estimate of drug-likeness (QED) is 0.438. The number of non-ortho nitro benzene ring substituents is 1. The third kappa shape index (κ3) is 2.55. The summed E-state index contributed by atoms with van der Waals surface area (Å²) >= 11 is 0. The van der Waals surface area contributed by atoms with Gasteiger partial charge in [-0.2, -0.15) is 0 Å². The maximum absolute atomic E-state index is 13.7. The number of rotatable bonds is 4. The molecule has 2 aromatic rings. The van der Waals surface area contributed by atoms with Crippen LogP contribution in [0.1, 0.15) is 17.2 Å². The number of nitro benzene ring substituents is 1. The number of carbonyl (C=O) groups excluding carboxylic acids is 3. The Bertz CT molecular complexity index is 1220. The molecule has 162 valence electrons. The maximum atomic E-state index is 13.7. The van der Waals surface area contributed by atoms with Crippen molar-refractivity contribution in [3.63, 3.8) is 0 Å². The average molecular weight is 434 g/mol. The standard InChI is InChI=1S/C22H18N4O6/c1-32-15-7-6-12(26(30)31)10-14(15)25-21(28)16-17(22(25)29)19(20(23)27)24-9-8-11-4-2-3-5-13(11)18(16)24/h2-10,16-19H,1H3,(H2,23,27)/t16-,17-,18-,19+/m1/s1. The van der Waals surface area contributed by atoms with Crippen molar-refractivity contribution in [1.29, 1.82) is 0 Å². The predicted molar refractivity (Wildman–Crippen MR) is 112 cm³/mol. The first-order chi connectivity index (χ1) is 15.3. The van der Waals surface area contributed by atoms with E-state index < -0.39 is 46.6 Å². The number of methoxy groups -OCH3 is 1. The second kappa shape index (κ2) is 6.91. The van der Waals surface area contributed by atoms with E-state index in [0.717, 1.165) is 22.1 Å². The first kappa shape index (κ1) is 19.7. The molecule has 32 heavy (non-hydrogen) atoms. The molecular formula is C22H18N4O6. The molecule has 0 saturated carbocycles. The molecule has 2 aromatic carbocycles. The number of nitrogens with zero attached hydrogens (tertiary/aromatic N) is 3. The molecular weight excluding hydrogens is 416 g/mol. The fourth-order valence-electron chi connectivity index (χ4n) is 5.09. The Balaban J connectivity index is 1.66. The van der Waals surface area contributed by atoms with Gasteiger partial charge in [-0.05, 0) is 23.3 Å². The molecule has 3 aliphatic rings. The van der Waals surface area contributed by atoms with E-state index in [1.54, 1.807) is 11.1 Å². The summed E-state index contributed by atoms with van der Waals surface area (Å²) in [5, 5.41) is 11.3. The van der Waals surface area contributed by atoms with Crippen molar-refractivity contribution in [3.05, 3.63) is 69.9 Å². The number of nitro groups is 1. The second-order valence-corrected chi connectivity index (χ2v) is 7.86. The molecule has 10 heteroatoms. The van der Waals surface area contributed by atoms with Gasteiger partial charge < -0.3 is 15.4 Å². The molecule has 2 saturated heterocycles. The van der Waals surface area contributed by atoms with Crippen LogP contribution in [-0.2, 0) is 14.4 Å². The lowest BCUT2D eigenvalue weighted by atomic mass is 9.84. The zero-order valence-electron chi connectivity index (χ0n) is 16.9. The molecule has 0 bridgehead atoms. The number of nitrogens with two attached hydrogens (primary N) is 1. The van der Waals surface area contributed by atoms with Crippen molar-refractivity contribution in [2.45, 2.75) is 12.1 Å². The maximum Gasteiger partial charge on any atom is 0.271 e. The summed E-state index contributed by atoms with van der Waals surface area (Å²) in [4.78, 5) is 52.9. The summed E-state index contributed by atoms with van der Waals surface area (Å²) in [5.41, 5.74) is 7.05. The van der Waals surface area contributed by atoms with Crippen LogP contribution in [0.15, 0.2) is 48.7 Å². The van der Waals surface area contributed by atoms with Crippen molar-refractivity contribution in [3.8, 4) is 5.75 Å². The Labute approximate surface area is 182 Å². The molecule has 3 heterocycles. The summed E-state index contributed by atoms with van der Waals surface area (Å²) < 4.78 is 5.27. The second-order valence-electron chi connectivity index (χ2n) is 7.86. The van der Waals surface area contributed by atoms with Gasteiger partial charge in [0.15, 0.2) is 0 Å². The van der Waals surface area contributed by atoms with E-state index in [1.807, 2.05) is 30.3 Å². The molecule has 2 fully saturated rings. The summed E-state index contributed by atoms with van der Waals surface area (Å²) in [6.45, 7) is 0. The van der Waals surface area contributed by atoms with Gasteiger partial charge >= 0.3 is 0 Å².